The molecule has 1 saturated carbocycles. The predicted molar refractivity (Wildman–Crippen MR) is 71.3 cm³/mol. The molecule has 0 saturated heterocycles. The minimum atomic E-state index is 0.0807. The molecule has 1 fully saturated rings. The van der Waals surface area contributed by atoms with E-state index in [1.165, 1.54) is 5.01 Å². The Hall–Kier alpha value is -0.450. The lowest BCUT2D eigenvalue weighted by Crippen LogP contribution is -2.49. The van der Waals surface area contributed by atoms with E-state index in [9.17, 15) is 0 Å². The Morgan fingerprint density at radius 1 is 1.47 bits per heavy atom. The fourth-order valence-corrected chi connectivity index (χ4v) is 3.61. The number of hydrogen-bond donors (Lipinski definition) is 1. The minimum Gasteiger partial charge on any atom is -0.381 e. The van der Waals surface area contributed by atoms with E-state index in [1.54, 1.807) is 11.3 Å². The minimum absolute atomic E-state index is 0.0807. The van der Waals surface area contributed by atoms with Gasteiger partial charge in [0.1, 0.15) is 5.01 Å². The summed E-state index contributed by atoms with van der Waals surface area (Å²) in [7, 11) is 1.82. The van der Waals surface area contributed by atoms with Gasteiger partial charge in [0, 0.05) is 24.7 Å². The van der Waals surface area contributed by atoms with Gasteiger partial charge in [-0.1, -0.05) is 0 Å². The standard InChI is InChI=1S/C13H22N2OS/c1-10(2)15-13(12-14-8-9-17-12)6-4-11(16-3)5-7-13/h8-11,15H,4-7H2,1-3H3. The van der Waals surface area contributed by atoms with Crippen LogP contribution in [0.2, 0.25) is 0 Å². The predicted octanol–water partition coefficient (Wildman–Crippen LogP) is 2.93. The number of methoxy groups -OCH3 is 1. The van der Waals surface area contributed by atoms with Crippen molar-refractivity contribution < 1.29 is 4.74 Å². The van der Waals surface area contributed by atoms with Crippen LogP contribution in [0, 0.1) is 0 Å². The molecule has 17 heavy (non-hydrogen) atoms. The van der Waals surface area contributed by atoms with Crippen LogP contribution in [0.1, 0.15) is 44.5 Å². The van der Waals surface area contributed by atoms with Crippen LogP contribution >= 0.6 is 11.3 Å². The van der Waals surface area contributed by atoms with Crippen molar-refractivity contribution >= 4 is 11.3 Å². The van der Waals surface area contributed by atoms with Crippen LogP contribution in [-0.2, 0) is 10.3 Å². The van der Waals surface area contributed by atoms with Crippen molar-refractivity contribution in [2.75, 3.05) is 7.11 Å². The molecule has 0 aliphatic heterocycles. The molecule has 1 aromatic rings. The van der Waals surface area contributed by atoms with Crippen LogP contribution in [0.5, 0.6) is 0 Å². The van der Waals surface area contributed by atoms with E-state index < -0.39 is 0 Å². The number of thiazole rings is 1. The number of nitrogens with zero attached hydrogens (tertiary/aromatic N) is 1. The molecule has 1 aromatic heterocycles. The molecule has 0 radical (unpaired) electrons. The summed E-state index contributed by atoms with van der Waals surface area (Å²) in [6.07, 6.45) is 6.82. The lowest BCUT2D eigenvalue weighted by Gasteiger charge is -2.40. The van der Waals surface area contributed by atoms with Crippen LogP contribution in [0.3, 0.4) is 0 Å². The normalized spacial score (nSPS) is 29.8. The second kappa shape index (κ2) is 5.46. The third-order valence-corrected chi connectivity index (χ3v) is 4.50. The summed E-state index contributed by atoms with van der Waals surface area (Å²) in [6, 6.07) is 0.484. The molecule has 0 spiro atoms. The first-order valence-corrected chi connectivity index (χ1v) is 7.25. The van der Waals surface area contributed by atoms with Crippen LogP contribution < -0.4 is 5.32 Å². The Bertz CT molecular complexity index is 329. The third kappa shape index (κ3) is 2.87. The van der Waals surface area contributed by atoms with E-state index in [0.29, 0.717) is 12.1 Å². The largest absolute Gasteiger partial charge is 0.381 e. The van der Waals surface area contributed by atoms with Crippen LogP contribution in [-0.4, -0.2) is 24.2 Å². The van der Waals surface area contributed by atoms with Crippen molar-refractivity contribution in [1.82, 2.24) is 10.3 Å². The molecule has 3 nitrogen and oxygen atoms in total. The van der Waals surface area contributed by atoms with E-state index in [1.807, 2.05) is 13.3 Å². The van der Waals surface area contributed by atoms with Gasteiger partial charge in [0.25, 0.3) is 0 Å². The zero-order chi connectivity index (χ0) is 12.3. The maximum Gasteiger partial charge on any atom is 0.113 e. The monoisotopic (exact) mass is 254 g/mol. The van der Waals surface area contributed by atoms with Crippen molar-refractivity contribution in [1.29, 1.82) is 0 Å². The Labute approximate surface area is 108 Å². The van der Waals surface area contributed by atoms with Gasteiger partial charge in [0.15, 0.2) is 0 Å². The third-order valence-electron chi connectivity index (χ3n) is 3.53. The quantitative estimate of drug-likeness (QED) is 0.897. The Balaban J connectivity index is 2.15. The lowest BCUT2D eigenvalue weighted by atomic mass is 9.80. The molecule has 1 aliphatic carbocycles. The van der Waals surface area contributed by atoms with Crippen LogP contribution in [0.15, 0.2) is 11.6 Å². The molecule has 1 aliphatic rings. The van der Waals surface area contributed by atoms with E-state index >= 15 is 0 Å². The maximum atomic E-state index is 5.46. The highest BCUT2D eigenvalue weighted by Gasteiger charge is 2.39. The van der Waals surface area contributed by atoms with Gasteiger partial charge in [-0.25, -0.2) is 4.98 Å². The van der Waals surface area contributed by atoms with Crippen molar-refractivity contribution in [3.05, 3.63) is 16.6 Å². The Kier molecular flexibility index (Phi) is 4.17. The molecule has 0 amide bonds. The average molecular weight is 254 g/mol. The Morgan fingerprint density at radius 2 is 2.18 bits per heavy atom. The number of nitrogens with one attached hydrogen (secondary N) is 1. The van der Waals surface area contributed by atoms with Crippen molar-refractivity contribution in [2.45, 2.75) is 57.2 Å². The summed E-state index contributed by atoms with van der Waals surface area (Å²) in [4.78, 5) is 4.53. The van der Waals surface area contributed by atoms with Crippen molar-refractivity contribution in [2.24, 2.45) is 0 Å². The van der Waals surface area contributed by atoms with Gasteiger partial charge in [-0.2, -0.15) is 0 Å². The molecule has 0 atom stereocenters. The highest BCUT2D eigenvalue weighted by atomic mass is 32.1. The molecule has 0 aromatic carbocycles. The average Bonchev–Trinajstić information content (AvgIpc) is 2.83. The summed E-state index contributed by atoms with van der Waals surface area (Å²) < 4.78 is 5.46. The van der Waals surface area contributed by atoms with Gasteiger partial charge in [-0.15, -0.1) is 11.3 Å². The summed E-state index contributed by atoms with van der Waals surface area (Å²) in [5.74, 6) is 0. The zero-order valence-electron chi connectivity index (χ0n) is 10.9. The summed E-state index contributed by atoms with van der Waals surface area (Å²) >= 11 is 1.76. The number of hydrogen-bond acceptors (Lipinski definition) is 4. The molecular weight excluding hydrogens is 232 g/mol. The zero-order valence-corrected chi connectivity index (χ0v) is 11.7. The van der Waals surface area contributed by atoms with Crippen LogP contribution in [0.4, 0.5) is 0 Å². The van der Waals surface area contributed by atoms with E-state index in [-0.39, 0.29) is 5.54 Å². The topological polar surface area (TPSA) is 34.1 Å². The number of rotatable bonds is 4. The SMILES string of the molecule is COC1CCC(NC(C)C)(c2nccs2)CC1. The summed E-state index contributed by atoms with van der Waals surface area (Å²) in [5.41, 5.74) is 0.0807. The van der Waals surface area contributed by atoms with Gasteiger partial charge in [-0.3, -0.25) is 0 Å². The second-order valence-corrected chi connectivity index (χ2v) is 6.05. The molecule has 0 unspecified atom stereocenters. The van der Waals surface area contributed by atoms with E-state index in [4.69, 9.17) is 4.74 Å². The molecule has 4 heteroatoms. The van der Waals surface area contributed by atoms with E-state index in [0.717, 1.165) is 25.7 Å². The van der Waals surface area contributed by atoms with Crippen molar-refractivity contribution in [3.63, 3.8) is 0 Å². The molecule has 1 N–H and O–H groups in total. The number of aromatic nitrogens is 1. The molecule has 96 valence electrons. The molecular formula is C13H22N2OS. The van der Waals surface area contributed by atoms with Gasteiger partial charge in [0.2, 0.25) is 0 Å². The maximum absolute atomic E-state index is 5.46. The lowest BCUT2D eigenvalue weighted by molar-refractivity contribution is 0.0381. The van der Waals surface area contributed by atoms with Gasteiger partial charge >= 0.3 is 0 Å². The van der Waals surface area contributed by atoms with Gasteiger partial charge in [0.05, 0.1) is 11.6 Å². The highest BCUT2D eigenvalue weighted by Crippen LogP contribution is 2.39. The van der Waals surface area contributed by atoms with E-state index in [2.05, 4.69) is 29.5 Å². The highest BCUT2D eigenvalue weighted by molar-refractivity contribution is 7.09. The summed E-state index contributed by atoms with van der Waals surface area (Å²) in [6.45, 7) is 4.41. The smallest absolute Gasteiger partial charge is 0.113 e. The summed E-state index contributed by atoms with van der Waals surface area (Å²) in [5, 5.41) is 7.04. The first kappa shape index (κ1) is 13.0. The molecule has 0 bridgehead atoms. The molecule has 2 rings (SSSR count). The number of ether oxygens (including phenoxy) is 1. The molecule has 1 heterocycles. The fourth-order valence-electron chi connectivity index (χ4n) is 2.75. The fraction of sp³-hybridized carbons (Fsp3) is 0.769. The Morgan fingerprint density at radius 3 is 2.65 bits per heavy atom. The van der Waals surface area contributed by atoms with Gasteiger partial charge in [-0.05, 0) is 39.5 Å². The second-order valence-electron chi connectivity index (χ2n) is 5.15. The van der Waals surface area contributed by atoms with Crippen LogP contribution in [0.25, 0.3) is 0 Å². The first-order valence-electron chi connectivity index (χ1n) is 6.37. The van der Waals surface area contributed by atoms with Crippen molar-refractivity contribution in [3.8, 4) is 0 Å². The van der Waals surface area contributed by atoms with Gasteiger partial charge < -0.3 is 10.1 Å². The first-order chi connectivity index (χ1) is 8.16.